The molecule has 0 amide bonds. The standard InChI is InChI=1S/C12H26N2O/c1-11(13)5-3-7-14-8-4-6-12(9-14)10-15-2/h11-12H,3-10,13H2,1-2H3. The fraction of sp³-hybridized carbons (Fsp3) is 1.00. The predicted molar refractivity (Wildman–Crippen MR) is 63.9 cm³/mol. The molecule has 1 fully saturated rings. The van der Waals surface area contributed by atoms with E-state index in [0.29, 0.717) is 6.04 Å². The van der Waals surface area contributed by atoms with E-state index in [0.717, 1.165) is 18.9 Å². The summed E-state index contributed by atoms with van der Waals surface area (Å²) in [6.45, 7) is 6.70. The molecule has 90 valence electrons. The Kier molecular flexibility index (Phi) is 6.22. The van der Waals surface area contributed by atoms with Gasteiger partial charge in [0.2, 0.25) is 0 Å². The molecule has 3 nitrogen and oxygen atoms in total. The van der Waals surface area contributed by atoms with E-state index in [4.69, 9.17) is 10.5 Å². The Labute approximate surface area is 94.0 Å². The molecule has 1 aliphatic rings. The minimum absolute atomic E-state index is 0.351. The Hall–Kier alpha value is -0.120. The summed E-state index contributed by atoms with van der Waals surface area (Å²) in [5.41, 5.74) is 5.74. The summed E-state index contributed by atoms with van der Waals surface area (Å²) in [5, 5.41) is 0. The van der Waals surface area contributed by atoms with Gasteiger partial charge in [0.05, 0.1) is 6.61 Å². The summed E-state index contributed by atoms with van der Waals surface area (Å²) in [6, 6.07) is 0.351. The van der Waals surface area contributed by atoms with E-state index < -0.39 is 0 Å². The smallest absolute Gasteiger partial charge is 0.0502 e. The molecule has 0 bridgehead atoms. The molecule has 2 N–H and O–H groups in total. The fourth-order valence-corrected chi connectivity index (χ4v) is 2.36. The van der Waals surface area contributed by atoms with E-state index in [-0.39, 0.29) is 0 Å². The molecule has 0 spiro atoms. The van der Waals surface area contributed by atoms with Crippen molar-refractivity contribution in [3.63, 3.8) is 0 Å². The lowest BCUT2D eigenvalue weighted by Crippen LogP contribution is -2.38. The summed E-state index contributed by atoms with van der Waals surface area (Å²) in [4.78, 5) is 2.57. The zero-order valence-corrected chi connectivity index (χ0v) is 10.2. The van der Waals surface area contributed by atoms with Gasteiger partial charge in [-0.3, -0.25) is 0 Å². The molecule has 0 radical (unpaired) electrons. The highest BCUT2D eigenvalue weighted by molar-refractivity contribution is 4.72. The minimum atomic E-state index is 0.351. The number of nitrogens with zero attached hydrogens (tertiary/aromatic N) is 1. The molecule has 0 aromatic rings. The number of ether oxygens (including phenoxy) is 1. The van der Waals surface area contributed by atoms with Crippen LogP contribution in [0.2, 0.25) is 0 Å². The molecule has 2 atom stereocenters. The number of hydrogen-bond acceptors (Lipinski definition) is 3. The molecule has 1 saturated heterocycles. The highest BCUT2D eigenvalue weighted by atomic mass is 16.5. The third-order valence-corrected chi connectivity index (χ3v) is 3.14. The van der Waals surface area contributed by atoms with Crippen LogP contribution in [0.5, 0.6) is 0 Å². The van der Waals surface area contributed by atoms with Gasteiger partial charge in [0, 0.05) is 19.7 Å². The number of piperidine rings is 1. The molecule has 1 aliphatic heterocycles. The number of methoxy groups -OCH3 is 1. The summed E-state index contributed by atoms with van der Waals surface area (Å²) in [5.74, 6) is 0.749. The molecule has 0 aliphatic carbocycles. The molecular weight excluding hydrogens is 188 g/mol. The zero-order chi connectivity index (χ0) is 11.1. The van der Waals surface area contributed by atoms with Crippen molar-refractivity contribution < 1.29 is 4.74 Å². The maximum Gasteiger partial charge on any atom is 0.0502 e. The van der Waals surface area contributed by atoms with Crippen LogP contribution in [-0.4, -0.2) is 44.3 Å². The lowest BCUT2D eigenvalue weighted by atomic mass is 9.98. The number of nitrogens with two attached hydrogens (primary N) is 1. The van der Waals surface area contributed by atoms with Gasteiger partial charge in [-0.1, -0.05) is 0 Å². The average molecular weight is 214 g/mol. The van der Waals surface area contributed by atoms with Gasteiger partial charge in [0.1, 0.15) is 0 Å². The van der Waals surface area contributed by atoms with Crippen molar-refractivity contribution in [2.24, 2.45) is 11.7 Å². The molecule has 3 heteroatoms. The zero-order valence-electron chi connectivity index (χ0n) is 10.2. The third-order valence-electron chi connectivity index (χ3n) is 3.14. The normalized spacial score (nSPS) is 25.4. The first-order chi connectivity index (χ1) is 7.22. The van der Waals surface area contributed by atoms with Gasteiger partial charge >= 0.3 is 0 Å². The summed E-state index contributed by atoms with van der Waals surface area (Å²) in [6.07, 6.45) is 5.03. The average Bonchev–Trinajstić information content (AvgIpc) is 2.18. The van der Waals surface area contributed by atoms with E-state index >= 15 is 0 Å². The Morgan fingerprint density at radius 3 is 3.00 bits per heavy atom. The maximum absolute atomic E-state index is 5.74. The van der Waals surface area contributed by atoms with Gasteiger partial charge in [-0.15, -0.1) is 0 Å². The first-order valence-electron chi connectivity index (χ1n) is 6.19. The van der Waals surface area contributed by atoms with Crippen LogP contribution in [0, 0.1) is 5.92 Å². The van der Waals surface area contributed by atoms with Gasteiger partial charge in [0.15, 0.2) is 0 Å². The number of hydrogen-bond donors (Lipinski definition) is 1. The second kappa shape index (κ2) is 7.20. The van der Waals surface area contributed by atoms with Crippen LogP contribution in [0.25, 0.3) is 0 Å². The van der Waals surface area contributed by atoms with Crippen LogP contribution in [0.1, 0.15) is 32.6 Å². The quantitative estimate of drug-likeness (QED) is 0.728. The number of likely N-dealkylation sites (tertiary alicyclic amines) is 1. The molecule has 0 saturated carbocycles. The molecule has 0 aromatic heterocycles. The van der Waals surface area contributed by atoms with Gasteiger partial charge < -0.3 is 15.4 Å². The molecule has 15 heavy (non-hydrogen) atoms. The predicted octanol–water partition coefficient (Wildman–Crippen LogP) is 1.47. The summed E-state index contributed by atoms with van der Waals surface area (Å²) in [7, 11) is 1.80. The molecule has 2 unspecified atom stereocenters. The highest BCUT2D eigenvalue weighted by Crippen LogP contribution is 2.16. The molecule has 1 rings (SSSR count). The Morgan fingerprint density at radius 2 is 2.33 bits per heavy atom. The van der Waals surface area contributed by atoms with Crippen LogP contribution in [0.4, 0.5) is 0 Å². The van der Waals surface area contributed by atoms with Crippen LogP contribution in [-0.2, 0) is 4.74 Å². The fourth-order valence-electron chi connectivity index (χ4n) is 2.36. The van der Waals surface area contributed by atoms with Crippen molar-refractivity contribution >= 4 is 0 Å². The van der Waals surface area contributed by atoms with Gasteiger partial charge in [-0.2, -0.15) is 0 Å². The SMILES string of the molecule is COCC1CCCN(CCCC(C)N)C1. The van der Waals surface area contributed by atoms with Crippen LogP contribution in [0.3, 0.4) is 0 Å². The first-order valence-corrected chi connectivity index (χ1v) is 6.19. The van der Waals surface area contributed by atoms with Crippen molar-refractivity contribution in [1.82, 2.24) is 4.90 Å². The van der Waals surface area contributed by atoms with Crippen molar-refractivity contribution in [3.05, 3.63) is 0 Å². The van der Waals surface area contributed by atoms with Crippen molar-refractivity contribution in [2.45, 2.75) is 38.6 Å². The van der Waals surface area contributed by atoms with Crippen molar-refractivity contribution in [1.29, 1.82) is 0 Å². The van der Waals surface area contributed by atoms with Crippen LogP contribution in [0.15, 0.2) is 0 Å². The van der Waals surface area contributed by atoms with Crippen LogP contribution >= 0.6 is 0 Å². The summed E-state index contributed by atoms with van der Waals surface area (Å²) < 4.78 is 5.23. The Morgan fingerprint density at radius 1 is 1.53 bits per heavy atom. The summed E-state index contributed by atoms with van der Waals surface area (Å²) >= 11 is 0. The van der Waals surface area contributed by atoms with E-state index in [1.54, 1.807) is 7.11 Å². The largest absolute Gasteiger partial charge is 0.384 e. The second-order valence-electron chi connectivity index (χ2n) is 4.88. The van der Waals surface area contributed by atoms with E-state index in [2.05, 4.69) is 11.8 Å². The molecular formula is C12H26N2O. The van der Waals surface area contributed by atoms with E-state index in [9.17, 15) is 0 Å². The lowest BCUT2D eigenvalue weighted by Gasteiger charge is -2.32. The maximum atomic E-state index is 5.74. The van der Waals surface area contributed by atoms with Crippen molar-refractivity contribution in [2.75, 3.05) is 33.4 Å². The van der Waals surface area contributed by atoms with E-state index in [1.807, 2.05) is 0 Å². The third kappa shape index (κ3) is 5.50. The monoisotopic (exact) mass is 214 g/mol. The topological polar surface area (TPSA) is 38.5 Å². The van der Waals surface area contributed by atoms with E-state index in [1.165, 1.54) is 38.9 Å². The van der Waals surface area contributed by atoms with Gasteiger partial charge in [0.25, 0.3) is 0 Å². The minimum Gasteiger partial charge on any atom is -0.384 e. The lowest BCUT2D eigenvalue weighted by molar-refractivity contribution is 0.0897. The van der Waals surface area contributed by atoms with Crippen molar-refractivity contribution in [3.8, 4) is 0 Å². The highest BCUT2D eigenvalue weighted by Gasteiger charge is 2.19. The Balaban J connectivity index is 2.12. The van der Waals surface area contributed by atoms with Gasteiger partial charge in [-0.05, 0) is 51.6 Å². The first kappa shape index (κ1) is 12.9. The molecule has 0 aromatic carbocycles. The number of rotatable bonds is 6. The van der Waals surface area contributed by atoms with Crippen LogP contribution < -0.4 is 5.73 Å². The Bertz CT molecular complexity index is 160. The van der Waals surface area contributed by atoms with Gasteiger partial charge in [-0.25, -0.2) is 0 Å². The second-order valence-corrected chi connectivity index (χ2v) is 4.88. The molecule has 1 heterocycles.